The highest BCUT2D eigenvalue weighted by molar-refractivity contribution is 5.31. The van der Waals surface area contributed by atoms with Crippen molar-refractivity contribution < 1.29 is 0 Å². The fraction of sp³-hybridized carbons (Fsp3) is 0.222. The molecule has 0 saturated carbocycles. The van der Waals surface area contributed by atoms with Gasteiger partial charge in [-0.25, -0.2) is 0 Å². The molecule has 2 aliphatic rings. The Balaban J connectivity index is 2.19. The molecule has 56 valence electrons. The molecule has 0 bridgehead atoms. The number of hydrogen-bond donors (Lipinski definition) is 0. The highest BCUT2D eigenvalue weighted by Gasteiger charge is 2.18. The zero-order chi connectivity index (χ0) is 7.68. The molecule has 0 unspecified atom stereocenters. The Morgan fingerprint density at radius 3 is 3.09 bits per heavy atom. The molecule has 0 N–H and O–H groups in total. The summed E-state index contributed by atoms with van der Waals surface area (Å²) in [4.78, 5) is 4.03. The summed E-state index contributed by atoms with van der Waals surface area (Å²) in [5.74, 6) is 0. The first-order valence-electron chi connectivity index (χ1n) is 3.79. The molecule has 2 heterocycles. The average Bonchev–Trinajstić information content (AvgIpc) is 2.46. The average molecular weight is 146 g/mol. The van der Waals surface area contributed by atoms with Crippen LogP contribution in [0.4, 0.5) is 0 Å². The lowest BCUT2D eigenvalue weighted by atomic mass is 10.3. The third kappa shape index (κ3) is 1.04. The lowest BCUT2D eigenvalue weighted by Gasteiger charge is -2.16. The molecule has 0 spiro atoms. The molecule has 2 rings (SSSR count). The van der Waals surface area contributed by atoms with E-state index in [2.05, 4.69) is 25.9 Å². The van der Waals surface area contributed by atoms with E-state index in [1.54, 1.807) is 0 Å². The van der Waals surface area contributed by atoms with Gasteiger partial charge < -0.3 is 9.80 Å². The SMILES string of the molecule is CCN1[C]N2C=CC=CC2=C1. The summed E-state index contributed by atoms with van der Waals surface area (Å²) in [5.41, 5.74) is 1.19. The molecular weight excluding hydrogens is 136 g/mol. The predicted octanol–water partition coefficient (Wildman–Crippen LogP) is 1.55. The van der Waals surface area contributed by atoms with Crippen LogP contribution in [0, 0.1) is 6.67 Å². The molecule has 2 aliphatic heterocycles. The topological polar surface area (TPSA) is 6.48 Å². The van der Waals surface area contributed by atoms with Gasteiger partial charge in [-0.3, -0.25) is 0 Å². The molecule has 0 amide bonds. The van der Waals surface area contributed by atoms with E-state index in [4.69, 9.17) is 0 Å². The van der Waals surface area contributed by atoms with Crippen molar-refractivity contribution in [1.29, 1.82) is 0 Å². The van der Waals surface area contributed by atoms with Gasteiger partial charge in [0.2, 0.25) is 6.67 Å². The van der Waals surface area contributed by atoms with E-state index < -0.39 is 0 Å². The van der Waals surface area contributed by atoms with E-state index in [0.29, 0.717) is 0 Å². The maximum Gasteiger partial charge on any atom is 0.212 e. The number of rotatable bonds is 1. The maximum atomic E-state index is 3.18. The molecule has 0 saturated heterocycles. The van der Waals surface area contributed by atoms with Crippen LogP contribution in [0.15, 0.2) is 36.3 Å². The molecule has 0 fully saturated rings. The summed E-state index contributed by atoms with van der Waals surface area (Å²) < 4.78 is 0. The van der Waals surface area contributed by atoms with Crippen LogP contribution in [0.1, 0.15) is 6.92 Å². The maximum absolute atomic E-state index is 3.18. The quantitative estimate of drug-likeness (QED) is 0.553. The van der Waals surface area contributed by atoms with E-state index in [0.717, 1.165) is 6.54 Å². The number of fused-ring (bicyclic) bond motifs is 1. The lowest BCUT2D eigenvalue weighted by Crippen LogP contribution is -2.16. The van der Waals surface area contributed by atoms with Crippen molar-refractivity contribution in [2.24, 2.45) is 0 Å². The minimum atomic E-state index is 0.974. The van der Waals surface area contributed by atoms with E-state index >= 15 is 0 Å². The van der Waals surface area contributed by atoms with Crippen LogP contribution in [-0.4, -0.2) is 16.3 Å². The van der Waals surface area contributed by atoms with Crippen molar-refractivity contribution in [2.45, 2.75) is 6.92 Å². The van der Waals surface area contributed by atoms with Gasteiger partial charge in [-0.15, -0.1) is 0 Å². The van der Waals surface area contributed by atoms with Crippen LogP contribution < -0.4 is 0 Å². The molecule has 0 atom stereocenters. The first kappa shape index (κ1) is 6.53. The molecule has 0 aromatic heterocycles. The summed E-state index contributed by atoms with van der Waals surface area (Å²) in [6.07, 6.45) is 10.2. The number of allylic oxidation sites excluding steroid dienone is 3. The summed E-state index contributed by atoms with van der Waals surface area (Å²) in [7, 11) is 0. The Kier molecular flexibility index (Phi) is 1.46. The first-order valence-corrected chi connectivity index (χ1v) is 3.79. The van der Waals surface area contributed by atoms with Crippen molar-refractivity contribution in [3.05, 3.63) is 43.0 Å². The minimum Gasteiger partial charge on any atom is -0.346 e. The first-order chi connectivity index (χ1) is 5.40. The lowest BCUT2D eigenvalue weighted by molar-refractivity contribution is 0.408. The van der Waals surface area contributed by atoms with E-state index in [-0.39, 0.29) is 0 Å². The van der Waals surface area contributed by atoms with Crippen LogP contribution in [0.25, 0.3) is 0 Å². The van der Waals surface area contributed by atoms with Crippen molar-refractivity contribution in [1.82, 2.24) is 9.80 Å². The van der Waals surface area contributed by atoms with Crippen LogP contribution in [0.3, 0.4) is 0 Å². The molecule has 0 aromatic rings. The number of nitrogens with zero attached hydrogens (tertiary/aromatic N) is 2. The van der Waals surface area contributed by atoms with Crippen molar-refractivity contribution in [3.63, 3.8) is 0 Å². The molecular formula is C9H10N2. The summed E-state index contributed by atoms with van der Waals surface area (Å²) >= 11 is 0. The third-order valence-electron chi connectivity index (χ3n) is 1.76. The van der Waals surface area contributed by atoms with Gasteiger partial charge in [-0.2, -0.15) is 0 Å². The van der Waals surface area contributed by atoms with Crippen LogP contribution in [0.2, 0.25) is 0 Å². The van der Waals surface area contributed by atoms with E-state index in [9.17, 15) is 0 Å². The predicted molar refractivity (Wildman–Crippen MR) is 43.8 cm³/mol. The zero-order valence-corrected chi connectivity index (χ0v) is 6.49. The van der Waals surface area contributed by atoms with Gasteiger partial charge in [-0.05, 0) is 19.1 Å². The van der Waals surface area contributed by atoms with Gasteiger partial charge in [0.05, 0.1) is 5.70 Å². The molecule has 11 heavy (non-hydrogen) atoms. The zero-order valence-electron chi connectivity index (χ0n) is 6.49. The van der Waals surface area contributed by atoms with E-state index in [1.807, 2.05) is 28.2 Å². The highest BCUT2D eigenvalue weighted by atomic mass is 15.3. The summed E-state index contributed by atoms with van der Waals surface area (Å²) in [6.45, 7) is 6.26. The van der Waals surface area contributed by atoms with Crippen LogP contribution in [-0.2, 0) is 0 Å². The Hall–Kier alpha value is -1.18. The molecule has 2 nitrogen and oxygen atoms in total. The molecule has 0 aliphatic carbocycles. The minimum absolute atomic E-state index is 0.974. The summed E-state index contributed by atoms with van der Waals surface area (Å²) in [5, 5.41) is 0. The van der Waals surface area contributed by atoms with Gasteiger partial charge in [0.25, 0.3) is 0 Å². The van der Waals surface area contributed by atoms with Crippen molar-refractivity contribution in [3.8, 4) is 0 Å². The smallest absolute Gasteiger partial charge is 0.212 e. The van der Waals surface area contributed by atoms with E-state index in [1.165, 1.54) is 5.70 Å². The second-order valence-electron chi connectivity index (χ2n) is 2.51. The Bertz CT molecular complexity index is 238. The number of hydrogen-bond acceptors (Lipinski definition) is 2. The Morgan fingerprint density at radius 1 is 1.45 bits per heavy atom. The second-order valence-corrected chi connectivity index (χ2v) is 2.51. The molecule has 2 heteroatoms. The van der Waals surface area contributed by atoms with Crippen LogP contribution in [0.5, 0.6) is 0 Å². The fourth-order valence-corrected chi connectivity index (χ4v) is 1.14. The summed E-state index contributed by atoms with van der Waals surface area (Å²) in [6, 6.07) is 0. The van der Waals surface area contributed by atoms with Gasteiger partial charge >= 0.3 is 0 Å². The standard InChI is InChI=1S/C9H10N2/c1-2-10-7-9-5-3-4-6-11(9)8-10/h3-7H,2H2,1H3. The normalized spacial score (nSPS) is 20.6. The molecule has 0 aromatic carbocycles. The van der Waals surface area contributed by atoms with Gasteiger partial charge in [0.15, 0.2) is 0 Å². The second kappa shape index (κ2) is 2.46. The largest absolute Gasteiger partial charge is 0.346 e. The highest BCUT2D eigenvalue weighted by Crippen LogP contribution is 2.22. The Labute approximate surface area is 67.1 Å². The van der Waals surface area contributed by atoms with Gasteiger partial charge in [0, 0.05) is 18.9 Å². The van der Waals surface area contributed by atoms with Gasteiger partial charge in [-0.1, -0.05) is 6.08 Å². The van der Waals surface area contributed by atoms with Gasteiger partial charge in [0.1, 0.15) is 0 Å². The fourth-order valence-electron chi connectivity index (χ4n) is 1.14. The monoisotopic (exact) mass is 146 g/mol. The third-order valence-corrected chi connectivity index (χ3v) is 1.76. The van der Waals surface area contributed by atoms with Crippen molar-refractivity contribution in [2.75, 3.05) is 6.54 Å². The molecule has 2 radical (unpaired) electrons. The van der Waals surface area contributed by atoms with Crippen LogP contribution >= 0.6 is 0 Å². The van der Waals surface area contributed by atoms with Crippen molar-refractivity contribution >= 4 is 0 Å². The Morgan fingerprint density at radius 2 is 2.36 bits per heavy atom.